The van der Waals surface area contributed by atoms with Crippen LogP contribution in [-0.2, 0) is 6.54 Å². The smallest absolute Gasteiger partial charge is 0.161 e. The molecule has 6 heteroatoms. The molecule has 2 nitrogen and oxygen atoms in total. The minimum Gasteiger partial charge on any atom is -0.326 e. The molecule has 1 heterocycles. The fourth-order valence-corrected chi connectivity index (χ4v) is 2.03. The number of rotatable bonds is 2. The second-order valence-electron chi connectivity index (χ2n) is 4.33. The van der Waals surface area contributed by atoms with Crippen molar-refractivity contribution >= 4 is 11.0 Å². The summed E-state index contributed by atoms with van der Waals surface area (Å²) in [5, 5.41) is 0. The molecular formula is C14H8F4N2. The predicted molar refractivity (Wildman–Crippen MR) is 65.1 cm³/mol. The maximum Gasteiger partial charge on any atom is 0.161 e. The van der Waals surface area contributed by atoms with Gasteiger partial charge in [0.15, 0.2) is 11.6 Å². The first-order valence-corrected chi connectivity index (χ1v) is 5.79. The van der Waals surface area contributed by atoms with E-state index in [-0.39, 0.29) is 23.1 Å². The van der Waals surface area contributed by atoms with Crippen LogP contribution in [0.5, 0.6) is 0 Å². The first kappa shape index (κ1) is 12.7. The predicted octanol–water partition coefficient (Wildman–Crippen LogP) is 3.64. The van der Waals surface area contributed by atoms with Crippen LogP contribution < -0.4 is 0 Å². The summed E-state index contributed by atoms with van der Waals surface area (Å²) in [5.74, 6) is -3.45. The third kappa shape index (κ3) is 2.03. The third-order valence-electron chi connectivity index (χ3n) is 3.05. The van der Waals surface area contributed by atoms with E-state index in [9.17, 15) is 17.6 Å². The maximum atomic E-state index is 13.6. The summed E-state index contributed by atoms with van der Waals surface area (Å²) in [6, 6.07) is 5.43. The van der Waals surface area contributed by atoms with Crippen molar-refractivity contribution < 1.29 is 17.6 Å². The molecule has 20 heavy (non-hydrogen) atoms. The lowest BCUT2D eigenvalue weighted by molar-refractivity contribution is 0.510. The van der Waals surface area contributed by atoms with Crippen molar-refractivity contribution in [3.05, 3.63) is 65.5 Å². The van der Waals surface area contributed by atoms with Crippen molar-refractivity contribution in [2.24, 2.45) is 0 Å². The van der Waals surface area contributed by atoms with Gasteiger partial charge in [0.05, 0.1) is 23.9 Å². The summed E-state index contributed by atoms with van der Waals surface area (Å²) in [5.41, 5.74) is 0.337. The first-order chi connectivity index (χ1) is 9.56. The second kappa shape index (κ2) is 4.63. The topological polar surface area (TPSA) is 17.8 Å². The number of aromatic nitrogens is 2. The van der Waals surface area contributed by atoms with Gasteiger partial charge in [0.25, 0.3) is 0 Å². The van der Waals surface area contributed by atoms with Crippen LogP contribution in [0.25, 0.3) is 11.0 Å². The molecule has 0 unspecified atom stereocenters. The molecule has 3 rings (SSSR count). The Bertz CT molecular complexity index is 775. The zero-order valence-electron chi connectivity index (χ0n) is 10.1. The van der Waals surface area contributed by atoms with Crippen molar-refractivity contribution in [2.75, 3.05) is 0 Å². The molecule has 0 saturated heterocycles. The molecule has 0 radical (unpaired) electrons. The number of benzene rings is 2. The Balaban J connectivity index is 2.10. The molecular weight excluding hydrogens is 272 g/mol. The summed E-state index contributed by atoms with van der Waals surface area (Å²) in [6.45, 7) is -0.153. The number of hydrogen-bond acceptors (Lipinski definition) is 1. The zero-order valence-corrected chi connectivity index (χ0v) is 10.1. The maximum absolute atomic E-state index is 13.6. The standard InChI is InChI=1S/C14H8F4N2/c15-9-2-1-3-10(16)8(9)6-20-7-19-13-4-11(17)12(18)5-14(13)20/h1-5,7H,6H2. The van der Waals surface area contributed by atoms with E-state index in [0.717, 1.165) is 24.3 Å². The van der Waals surface area contributed by atoms with Crippen molar-refractivity contribution in [3.8, 4) is 0 Å². The second-order valence-corrected chi connectivity index (χ2v) is 4.33. The van der Waals surface area contributed by atoms with Gasteiger partial charge in [-0.2, -0.15) is 0 Å². The average molecular weight is 280 g/mol. The number of fused-ring (bicyclic) bond motifs is 1. The van der Waals surface area contributed by atoms with E-state index in [0.29, 0.717) is 0 Å². The van der Waals surface area contributed by atoms with Gasteiger partial charge in [-0.05, 0) is 12.1 Å². The van der Waals surface area contributed by atoms with E-state index < -0.39 is 23.3 Å². The first-order valence-electron chi connectivity index (χ1n) is 5.79. The fourth-order valence-electron chi connectivity index (χ4n) is 2.03. The van der Waals surface area contributed by atoms with E-state index in [2.05, 4.69) is 4.98 Å². The largest absolute Gasteiger partial charge is 0.326 e. The third-order valence-corrected chi connectivity index (χ3v) is 3.05. The van der Waals surface area contributed by atoms with Crippen LogP contribution in [0.1, 0.15) is 5.56 Å². The van der Waals surface area contributed by atoms with Gasteiger partial charge in [-0.15, -0.1) is 0 Å². The minimum atomic E-state index is -1.03. The summed E-state index contributed by atoms with van der Waals surface area (Å²) >= 11 is 0. The molecule has 0 aliphatic heterocycles. The number of nitrogens with zero attached hydrogens (tertiary/aromatic N) is 2. The molecule has 0 bridgehead atoms. The Kier molecular flexibility index (Phi) is 2.93. The van der Waals surface area contributed by atoms with E-state index in [1.165, 1.54) is 17.0 Å². The molecule has 0 fully saturated rings. The SMILES string of the molecule is Fc1cc2ncn(Cc3c(F)cccc3F)c2cc1F. The van der Waals surface area contributed by atoms with Crippen LogP contribution in [0, 0.1) is 23.3 Å². The highest BCUT2D eigenvalue weighted by molar-refractivity contribution is 5.75. The fraction of sp³-hybridized carbons (Fsp3) is 0.0714. The van der Waals surface area contributed by atoms with Crippen LogP contribution in [0.15, 0.2) is 36.7 Å². The van der Waals surface area contributed by atoms with Crippen molar-refractivity contribution in [2.45, 2.75) is 6.54 Å². The molecule has 0 atom stereocenters. The van der Waals surface area contributed by atoms with E-state index in [4.69, 9.17) is 0 Å². The van der Waals surface area contributed by atoms with Gasteiger partial charge in [-0.25, -0.2) is 22.5 Å². The quantitative estimate of drug-likeness (QED) is 0.655. The minimum absolute atomic E-state index is 0.153. The van der Waals surface area contributed by atoms with Crippen molar-refractivity contribution in [1.82, 2.24) is 9.55 Å². The van der Waals surface area contributed by atoms with Gasteiger partial charge >= 0.3 is 0 Å². The molecule has 0 amide bonds. The number of halogens is 4. The van der Waals surface area contributed by atoms with Gasteiger partial charge in [0.1, 0.15) is 11.6 Å². The lowest BCUT2D eigenvalue weighted by Gasteiger charge is -2.07. The lowest BCUT2D eigenvalue weighted by Crippen LogP contribution is -2.03. The van der Waals surface area contributed by atoms with Crippen LogP contribution in [-0.4, -0.2) is 9.55 Å². The zero-order chi connectivity index (χ0) is 14.3. The molecule has 0 spiro atoms. The Morgan fingerprint density at radius 3 is 2.25 bits per heavy atom. The molecule has 1 aromatic heterocycles. The highest BCUT2D eigenvalue weighted by Crippen LogP contribution is 2.20. The monoisotopic (exact) mass is 280 g/mol. The molecule has 0 aliphatic carbocycles. The van der Waals surface area contributed by atoms with Gasteiger partial charge in [0, 0.05) is 17.7 Å². The van der Waals surface area contributed by atoms with Gasteiger partial charge in [-0.1, -0.05) is 6.07 Å². The van der Waals surface area contributed by atoms with E-state index >= 15 is 0 Å². The molecule has 102 valence electrons. The molecule has 2 aromatic carbocycles. The Morgan fingerprint density at radius 1 is 0.900 bits per heavy atom. The summed E-state index contributed by atoms with van der Waals surface area (Å²) in [6.07, 6.45) is 1.29. The Morgan fingerprint density at radius 2 is 1.55 bits per heavy atom. The van der Waals surface area contributed by atoms with Crippen molar-refractivity contribution in [3.63, 3.8) is 0 Å². The van der Waals surface area contributed by atoms with Crippen LogP contribution in [0.2, 0.25) is 0 Å². The number of imidazole rings is 1. The lowest BCUT2D eigenvalue weighted by atomic mass is 10.2. The molecule has 3 aromatic rings. The average Bonchev–Trinajstić information content (AvgIpc) is 2.77. The Labute approximate surface area is 111 Å². The van der Waals surface area contributed by atoms with E-state index in [1.54, 1.807) is 0 Å². The summed E-state index contributed by atoms with van der Waals surface area (Å²) < 4.78 is 54.8. The summed E-state index contributed by atoms with van der Waals surface area (Å²) in [4.78, 5) is 3.89. The van der Waals surface area contributed by atoms with Gasteiger partial charge in [-0.3, -0.25) is 0 Å². The molecule has 0 saturated carbocycles. The van der Waals surface area contributed by atoms with Crippen LogP contribution >= 0.6 is 0 Å². The Hall–Kier alpha value is -2.37. The summed E-state index contributed by atoms with van der Waals surface area (Å²) in [7, 11) is 0. The number of hydrogen-bond donors (Lipinski definition) is 0. The molecule has 0 N–H and O–H groups in total. The van der Waals surface area contributed by atoms with Crippen molar-refractivity contribution in [1.29, 1.82) is 0 Å². The van der Waals surface area contributed by atoms with Crippen LogP contribution in [0.3, 0.4) is 0 Å². The van der Waals surface area contributed by atoms with Crippen LogP contribution in [0.4, 0.5) is 17.6 Å². The molecule has 0 aliphatic rings. The normalized spacial score (nSPS) is 11.2. The highest BCUT2D eigenvalue weighted by Gasteiger charge is 2.13. The van der Waals surface area contributed by atoms with Gasteiger partial charge in [0.2, 0.25) is 0 Å². The van der Waals surface area contributed by atoms with E-state index in [1.807, 2.05) is 0 Å². The highest BCUT2D eigenvalue weighted by atomic mass is 19.2. The van der Waals surface area contributed by atoms with Gasteiger partial charge < -0.3 is 4.57 Å².